The normalized spacial score (nSPS) is 10.1. The van der Waals surface area contributed by atoms with E-state index in [0.29, 0.717) is 17.4 Å². The van der Waals surface area contributed by atoms with Crippen LogP contribution in [0.2, 0.25) is 0 Å². The number of nitrogens with zero attached hydrogens (tertiary/aromatic N) is 1. The number of thiazole rings is 1. The van der Waals surface area contributed by atoms with Crippen LogP contribution in [0.4, 0.5) is 5.13 Å². The monoisotopic (exact) mass is 231 g/mol. The van der Waals surface area contributed by atoms with E-state index >= 15 is 0 Å². The van der Waals surface area contributed by atoms with Crippen LogP contribution in [0.5, 0.6) is 0 Å². The third-order valence-electron chi connectivity index (χ3n) is 1.57. The van der Waals surface area contributed by atoms with Gasteiger partial charge in [0.1, 0.15) is 5.69 Å². The molecular weight excluding hydrogens is 218 g/mol. The van der Waals surface area contributed by atoms with Gasteiger partial charge in [0.25, 0.3) is 5.91 Å². The fraction of sp³-hybridized carbons (Fsp3) is 0.500. The van der Waals surface area contributed by atoms with E-state index in [0.717, 1.165) is 12.2 Å². The van der Waals surface area contributed by atoms with Crippen LogP contribution in [0.3, 0.4) is 0 Å². The summed E-state index contributed by atoms with van der Waals surface area (Å²) >= 11 is 3.05. The van der Waals surface area contributed by atoms with Crippen molar-refractivity contribution in [2.45, 2.75) is 6.42 Å². The first-order valence-corrected chi connectivity index (χ1v) is 6.49. The molecule has 78 valence electrons. The summed E-state index contributed by atoms with van der Waals surface area (Å²) in [6.45, 7) is 0.692. The van der Waals surface area contributed by atoms with E-state index in [1.807, 2.05) is 6.26 Å². The average Bonchev–Trinajstić information content (AvgIpc) is 2.59. The van der Waals surface area contributed by atoms with E-state index < -0.39 is 0 Å². The third kappa shape index (κ3) is 3.55. The number of anilines is 1. The second-order valence-corrected chi connectivity index (χ2v) is 4.55. The van der Waals surface area contributed by atoms with E-state index in [9.17, 15) is 4.79 Å². The quantitative estimate of drug-likeness (QED) is 0.747. The van der Waals surface area contributed by atoms with E-state index in [2.05, 4.69) is 10.3 Å². The molecule has 0 radical (unpaired) electrons. The number of nitrogens with two attached hydrogens (primary N) is 1. The van der Waals surface area contributed by atoms with Gasteiger partial charge in [-0.05, 0) is 18.4 Å². The Hall–Kier alpha value is -0.750. The van der Waals surface area contributed by atoms with Crippen molar-refractivity contribution in [1.82, 2.24) is 10.3 Å². The second kappa shape index (κ2) is 5.87. The first-order valence-electron chi connectivity index (χ1n) is 4.22. The van der Waals surface area contributed by atoms with Crippen LogP contribution in [0.25, 0.3) is 0 Å². The minimum atomic E-state index is -0.140. The van der Waals surface area contributed by atoms with Crippen molar-refractivity contribution >= 4 is 34.1 Å². The number of nitrogen functional groups attached to an aromatic ring is 1. The lowest BCUT2D eigenvalue weighted by Crippen LogP contribution is -2.25. The molecule has 0 saturated carbocycles. The maximum atomic E-state index is 11.4. The van der Waals surface area contributed by atoms with Crippen molar-refractivity contribution in [2.75, 3.05) is 24.3 Å². The molecule has 0 fully saturated rings. The minimum absolute atomic E-state index is 0.140. The Bertz CT molecular complexity index is 301. The van der Waals surface area contributed by atoms with Crippen LogP contribution in [-0.2, 0) is 0 Å². The van der Waals surface area contributed by atoms with Gasteiger partial charge in [0.05, 0.1) is 0 Å². The minimum Gasteiger partial charge on any atom is -0.375 e. The fourth-order valence-electron chi connectivity index (χ4n) is 0.901. The first kappa shape index (κ1) is 11.3. The lowest BCUT2D eigenvalue weighted by molar-refractivity contribution is 0.0949. The zero-order valence-electron chi connectivity index (χ0n) is 7.95. The van der Waals surface area contributed by atoms with E-state index in [4.69, 9.17) is 5.73 Å². The Kier molecular flexibility index (Phi) is 4.75. The molecule has 0 aliphatic rings. The smallest absolute Gasteiger partial charge is 0.270 e. The van der Waals surface area contributed by atoms with Crippen LogP contribution in [0, 0.1) is 0 Å². The maximum absolute atomic E-state index is 11.4. The van der Waals surface area contributed by atoms with E-state index in [1.54, 1.807) is 17.1 Å². The number of carbonyl (C=O) groups excluding carboxylic acids is 1. The number of thioether (sulfide) groups is 1. The largest absolute Gasteiger partial charge is 0.375 e. The Morgan fingerprint density at radius 3 is 3.14 bits per heavy atom. The van der Waals surface area contributed by atoms with Gasteiger partial charge in [0.15, 0.2) is 5.13 Å². The standard InChI is InChI=1S/C8H13N3OS2/c1-13-4-2-3-10-7(12)6-5-14-8(9)11-6/h5H,2-4H2,1H3,(H2,9,11)(H,10,12). The second-order valence-electron chi connectivity index (χ2n) is 2.67. The molecular formula is C8H13N3OS2. The van der Waals surface area contributed by atoms with Gasteiger partial charge >= 0.3 is 0 Å². The molecule has 1 rings (SSSR count). The summed E-state index contributed by atoms with van der Waals surface area (Å²) in [5.74, 6) is 0.915. The molecule has 0 saturated heterocycles. The van der Waals surface area contributed by atoms with Crippen molar-refractivity contribution < 1.29 is 4.79 Å². The van der Waals surface area contributed by atoms with Crippen LogP contribution in [0.15, 0.2) is 5.38 Å². The third-order valence-corrected chi connectivity index (χ3v) is 2.94. The van der Waals surface area contributed by atoms with Crippen molar-refractivity contribution in [3.63, 3.8) is 0 Å². The summed E-state index contributed by atoms with van der Waals surface area (Å²) in [6.07, 6.45) is 3.02. The predicted octanol–water partition coefficient (Wildman–Crippen LogP) is 1.21. The average molecular weight is 231 g/mol. The summed E-state index contributed by atoms with van der Waals surface area (Å²) in [4.78, 5) is 15.3. The van der Waals surface area contributed by atoms with Crippen molar-refractivity contribution in [3.8, 4) is 0 Å². The van der Waals surface area contributed by atoms with Gasteiger partial charge in [0, 0.05) is 11.9 Å². The van der Waals surface area contributed by atoms with Crippen LogP contribution in [-0.4, -0.2) is 29.4 Å². The molecule has 1 amide bonds. The SMILES string of the molecule is CSCCCNC(=O)c1csc(N)n1. The number of hydrogen-bond donors (Lipinski definition) is 2. The summed E-state index contributed by atoms with van der Waals surface area (Å²) in [5.41, 5.74) is 5.83. The molecule has 0 aliphatic carbocycles. The van der Waals surface area contributed by atoms with Gasteiger partial charge in [-0.1, -0.05) is 0 Å². The van der Waals surface area contributed by atoms with Crippen molar-refractivity contribution in [1.29, 1.82) is 0 Å². The van der Waals surface area contributed by atoms with Crippen LogP contribution < -0.4 is 11.1 Å². The molecule has 0 aliphatic heterocycles. The molecule has 0 aromatic carbocycles. The van der Waals surface area contributed by atoms with Gasteiger partial charge in [0.2, 0.25) is 0 Å². The molecule has 1 aromatic rings. The van der Waals surface area contributed by atoms with Crippen molar-refractivity contribution in [3.05, 3.63) is 11.1 Å². The summed E-state index contributed by atoms with van der Waals surface area (Å²) in [5, 5.41) is 4.88. The summed E-state index contributed by atoms with van der Waals surface area (Å²) < 4.78 is 0. The van der Waals surface area contributed by atoms with Gasteiger partial charge in [-0.3, -0.25) is 4.79 Å². The van der Waals surface area contributed by atoms with Crippen LogP contribution in [0.1, 0.15) is 16.9 Å². The molecule has 4 nitrogen and oxygen atoms in total. The number of nitrogens with one attached hydrogen (secondary N) is 1. The molecule has 6 heteroatoms. The Morgan fingerprint density at radius 1 is 1.79 bits per heavy atom. The number of amides is 1. The number of rotatable bonds is 5. The van der Waals surface area contributed by atoms with Gasteiger partial charge in [-0.15, -0.1) is 11.3 Å². The Morgan fingerprint density at radius 2 is 2.57 bits per heavy atom. The Labute approximate surface area is 91.3 Å². The Balaban J connectivity index is 2.29. The van der Waals surface area contributed by atoms with Gasteiger partial charge < -0.3 is 11.1 Å². The molecule has 14 heavy (non-hydrogen) atoms. The molecule has 3 N–H and O–H groups in total. The van der Waals surface area contributed by atoms with Gasteiger partial charge in [-0.25, -0.2) is 4.98 Å². The highest BCUT2D eigenvalue weighted by atomic mass is 32.2. The first-order chi connectivity index (χ1) is 6.74. The predicted molar refractivity (Wildman–Crippen MR) is 61.9 cm³/mol. The molecule has 1 heterocycles. The van der Waals surface area contributed by atoms with Crippen LogP contribution >= 0.6 is 23.1 Å². The summed E-state index contributed by atoms with van der Waals surface area (Å²) in [7, 11) is 0. The lowest BCUT2D eigenvalue weighted by Gasteiger charge is -2.01. The topological polar surface area (TPSA) is 68.0 Å². The fourth-order valence-corrected chi connectivity index (χ4v) is 1.88. The van der Waals surface area contributed by atoms with E-state index in [1.165, 1.54) is 11.3 Å². The highest BCUT2D eigenvalue weighted by Gasteiger charge is 2.07. The van der Waals surface area contributed by atoms with Gasteiger partial charge in [-0.2, -0.15) is 11.8 Å². The molecule has 0 atom stereocenters. The highest BCUT2D eigenvalue weighted by molar-refractivity contribution is 7.98. The summed E-state index contributed by atoms with van der Waals surface area (Å²) in [6, 6.07) is 0. The zero-order chi connectivity index (χ0) is 10.4. The number of aromatic nitrogens is 1. The molecule has 1 aromatic heterocycles. The van der Waals surface area contributed by atoms with Crippen molar-refractivity contribution in [2.24, 2.45) is 0 Å². The maximum Gasteiger partial charge on any atom is 0.270 e. The lowest BCUT2D eigenvalue weighted by atomic mass is 10.4. The highest BCUT2D eigenvalue weighted by Crippen LogP contribution is 2.10. The molecule has 0 spiro atoms. The molecule has 0 bridgehead atoms. The molecule has 0 unspecified atom stereocenters. The van der Waals surface area contributed by atoms with E-state index in [-0.39, 0.29) is 5.91 Å². The number of carbonyl (C=O) groups is 1. The number of hydrogen-bond acceptors (Lipinski definition) is 5. The zero-order valence-corrected chi connectivity index (χ0v) is 9.58.